The van der Waals surface area contributed by atoms with Gasteiger partial charge in [-0.2, -0.15) is 0 Å². The van der Waals surface area contributed by atoms with Crippen LogP contribution in [-0.4, -0.2) is 6.04 Å². The van der Waals surface area contributed by atoms with Crippen LogP contribution in [0.2, 0.25) is 4.34 Å². The summed E-state index contributed by atoms with van der Waals surface area (Å²) in [7, 11) is 0. The van der Waals surface area contributed by atoms with E-state index in [0.29, 0.717) is 17.4 Å². The van der Waals surface area contributed by atoms with Crippen LogP contribution in [0.5, 0.6) is 0 Å². The first-order chi connectivity index (χ1) is 8.36. The molecule has 1 fully saturated rings. The molecule has 0 saturated heterocycles. The van der Waals surface area contributed by atoms with E-state index < -0.39 is 0 Å². The summed E-state index contributed by atoms with van der Waals surface area (Å²) in [6, 6.07) is 4.52. The lowest BCUT2D eigenvalue weighted by Crippen LogP contribution is -2.40. The van der Waals surface area contributed by atoms with Gasteiger partial charge in [0.25, 0.3) is 0 Å². The van der Waals surface area contributed by atoms with Gasteiger partial charge in [-0.25, -0.2) is 0 Å². The summed E-state index contributed by atoms with van der Waals surface area (Å²) in [4.78, 5) is 1.38. The first kappa shape index (κ1) is 14.4. The van der Waals surface area contributed by atoms with Crippen molar-refractivity contribution in [1.82, 2.24) is 0 Å². The molecule has 1 aromatic rings. The van der Waals surface area contributed by atoms with Crippen molar-refractivity contribution in [3.05, 3.63) is 21.3 Å². The molecule has 2 rings (SSSR count). The lowest BCUT2D eigenvalue weighted by molar-refractivity contribution is 0.127. The second-order valence-electron chi connectivity index (χ2n) is 6.71. The van der Waals surface area contributed by atoms with Crippen LogP contribution >= 0.6 is 22.9 Å². The molecule has 0 aliphatic heterocycles. The van der Waals surface area contributed by atoms with Crippen molar-refractivity contribution in [2.75, 3.05) is 0 Å². The SMILES string of the molecule is CC(C)(C)C1CCC(N)C(Cc2ccc(Cl)s2)C1. The Bertz CT molecular complexity index is 393. The molecule has 0 radical (unpaired) electrons. The Morgan fingerprint density at radius 3 is 2.61 bits per heavy atom. The minimum atomic E-state index is 0.365. The summed E-state index contributed by atoms with van der Waals surface area (Å²) in [6.07, 6.45) is 4.82. The molecule has 1 aromatic heterocycles. The molecule has 1 heterocycles. The minimum absolute atomic E-state index is 0.365. The van der Waals surface area contributed by atoms with Crippen LogP contribution in [0.15, 0.2) is 12.1 Å². The molecule has 3 unspecified atom stereocenters. The number of nitrogens with two attached hydrogens (primary N) is 1. The molecule has 3 heteroatoms. The Morgan fingerprint density at radius 2 is 2.06 bits per heavy atom. The standard InChI is InChI=1S/C15H24ClNS/c1-15(2,3)11-4-6-13(17)10(8-11)9-12-5-7-14(16)18-12/h5,7,10-11,13H,4,6,8-9,17H2,1-3H3. The summed E-state index contributed by atoms with van der Waals surface area (Å²) >= 11 is 7.71. The summed E-state index contributed by atoms with van der Waals surface area (Å²) < 4.78 is 0.891. The van der Waals surface area contributed by atoms with Gasteiger partial charge in [0, 0.05) is 10.9 Å². The zero-order chi connectivity index (χ0) is 13.3. The first-order valence-electron chi connectivity index (χ1n) is 6.86. The third kappa shape index (κ3) is 3.49. The topological polar surface area (TPSA) is 26.0 Å². The van der Waals surface area contributed by atoms with Crippen molar-refractivity contribution in [3.8, 4) is 0 Å². The van der Waals surface area contributed by atoms with Crippen LogP contribution < -0.4 is 5.73 Å². The molecule has 102 valence electrons. The fourth-order valence-corrected chi connectivity index (χ4v) is 4.21. The molecule has 1 aliphatic carbocycles. The van der Waals surface area contributed by atoms with E-state index in [-0.39, 0.29) is 0 Å². The molecule has 0 aromatic carbocycles. The highest BCUT2D eigenvalue weighted by molar-refractivity contribution is 7.16. The molecule has 18 heavy (non-hydrogen) atoms. The normalized spacial score (nSPS) is 29.5. The van der Waals surface area contributed by atoms with Gasteiger partial charge >= 0.3 is 0 Å². The molecule has 3 atom stereocenters. The number of thiophene rings is 1. The Kier molecular flexibility index (Phi) is 4.40. The van der Waals surface area contributed by atoms with Crippen molar-refractivity contribution in [2.45, 2.75) is 52.5 Å². The van der Waals surface area contributed by atoms with E-state index >= 15 is 0 Å². The highest BCUT2D eigenvalue weighted by Crippen LogP contribution is 2.41. The van der Waals surface area contributed by atoms with Crippen molar-refractivity contribution in [2.24, 2.45) is 23.0 Å². The van der Waals surface area contributed by atoms with Gasteiger partial charge in [0.1, 0.15) is 0 Å². The fraction of sp³-hybridized carbons (Fsp3) is 0.733. The molecule has 1 saturated carbocycles. The van der Waals surface area contributed by atoms with E-state index in [1.807, 2.05) is 6.07 Å². The third-order valence-electron chi connectivity index (χ3n) is 4.36. The largest absolute Gasteiger partial charge is 0.327 e. The second kappa shape index (κ2) is 5.52. The predicted molar refractivity (Wildman–Crippen MR) is 81.3 cm³/mol. The maximum Gasteiger partial charge on any atom is 0.0931 e. The van der Waals surface area contributed by atoms with Gasteiger partial charge in [-0.1, -0.05) is 32.4 Å². The van der Waals surface area contributed by atoms with E-state index in [2.05, 4.69) is 26.8 Å². The first-order valence-corrected chi connectivity index (χ1v) is 8.05. The van der Waals surface area contributed by atoms with Crippen molar-refractivity contribution in [3.63, 3.8) is 0 Å². The van der Waals surface area contributed by atoms with Gasteiger partial charge in [-0.15, -0.1) is 11.3 Å². The van der Waals surface area contributed by atoms with Crippen molar-refractivity contribution in [1.29, 1.82) is 0 Å². The van der Waals surface area contributed by atoms with E-state index in [1.165, 1.54) is 24.1 Å². The van der Waals surface area contributed by atoms with Gasteiger partial charge in [0.15, 0.2) is 0 Å². The Balaban J connectivity index is 2.02. The van der Waals surface area contributed by atoms with Crippen molar-refractivity contribution < 1.29 is 0 Å². The average molecular weight is 286 g/mol. The maximum atomic E-state index is 6.31. The van der Waals surface area contributed by atoms with E-state index in [0.717, 1.165) is 16.7 Å². The molecular weight excluding hydrogens is 262 g/mol. The third-order valence-corrected chi connectivity index (χ3v) is 5.61. The van der Waals surface area contributed by atoms with Gasteiger partial charge in [0.05, 0.1) is 4.34 Å². The molecule has 0 bridgehead atoms. The Hall–Kier alpha value is -0.0500. The maximum absolute atomic E-state index is 6.31. The molecule has 0 amide bonds. The van der Waals surface area contributed by atoms with Gasteiger partial charge in [-0.05, 0) is 55.1 Å². The summed E-state index contributed by atoms with van der Waals surface area (Å²) in [5.41, 5.74) is 6.72. The van der Waals surface area contributed by atoms with Gasteiger partial charge in [0.2, 0.25) is 0 Å². The van der Waals surface area contributed by atoms with Gasteiger partial charge in [-0.3, -0.25) is 0 Å². The highest BCUT2D eigenvalue weighted by atomic mass is 35.5. The van der Waals surface area contributed by atoms with Gasteiger partial charge < -0.3 is 5.73 Å². The Labute approximate surface area is 120 Å². The molecule has 1 nitrogen and oxygen atoms in total. The molecule has 1 aliphatic rings. The Morgan fingerprint density at radius 1 is 1.33 bits per heavy atom. The van der Waals surface area contributed by atoms with E-state index in [1.54, 1.807) is 11.3 Å². The van der Waals surface area contributed by atoms with Crippen molar-refractivity contribution >= 4 is 22.9 Å². The van der Waals surface area contributed by atoms with E-state index in [4.69, 9.17) is 17.3 Å². The monoisotopic (exact) mass is 285 g/mol. The van der Waals surface area contributed by atoms with Crippen LogP contribution in [-0.2, 0) is 6.42 Å². The van der Waals surface area contributed by atoms with E-state index in [9.17, 15) is 0 Å². The van der Waals surface area contributed by atoms with Crippen LogP contribution in [0.3, 0.4) is 0 Å². The second-order valence-corrected chi connectivity index (χ2v) is 8.51. The quantitative estimate of drug-likeness (QED) is 0.835. The van der Waals surface area contributed by atoms with Crippen LogP contribution in [0, 0.1) is 17.3 Å². The number of halogens is 1. The average Bonchev–Trinajstić information content (AvgIpc) is 2.66. The van der Waals surface area contributed by atoms with Crippen LogP contribution in [0.25, 0.3) is 0 Å². The lowest BCUT2D eigenvalue weighted by atomic mass is 9.67. The minimum Gasteiger partial charge on any atom is -0.327 e. The number of hydrogen-bond acceptors (Lipinski definition) is 2. The number of rotatable bonds is 2. The highest BCUT2D eigenvalue weighted by Gasteiger charge is 2.34. The summed E-state index contributed by atoms with van der Waals surface area (Å²) in [5.74, 6) is 1.43. The van der Waals surface area contributed by atoms with Crippen LogP contribution in [0.4, 0.5) is 0 Å². The number of hydrogen-bond donors (Lipinski definition) is 1. The molecular formula is C15H24ClNS. The predicted octanol–water partition coefficient (Wildman–Crippen LogP) is 4.73. The smallest absolute Gasteiger partial charge is 0.0931 e. The summed E-state index contributed by atoms with van der Waals surface area (Å²) in [5, 5.41) is 0. The molecule has 0 spiro atoms. The molecule has 2 N–H and O–H groups in total. The fourth-order valence-electron chi connectivity index (χ4n) is 3.03. The summed E-state index contributed by atoms with van der Waals surface area (Å²) in [6.45, 7) is 7.06. The van der Waals surface area contributed by atoms with Crippen LogP contribution in [0.1, 0.15) is 44.9 Å². The zero-order valence-electron chi connectivity index (χ0n) is 11.6. The lowest BCUT2D eigenvalue weighted by Gasteiger charge is -2.40. The zero-order valence-corrected chi connectivity index (χ0v) is 13.2.